The van der Waals surface area contributed by atoms with Crippen LogP contribution in [0.3, 0.4) is 0 Å². The van der Waals surface area contributed by atoms with Gasteiger partial charge in [0.2, 0.25) is 11.8 Å². The predicted molar refractivity (Wildman–Crippen MR) is 101 cm³/mol. The Labute approximate surface area is 163 Å². The van der Waals surface area contributed by atoms with Crippen molar-refractivity contribution in [2.45, 2.75) is 45.1 Å². The fourth-order valence-electron chi connectivity index (χ4n) is 2.88. The van der Waals surface area contributed by atoms with Gasteiger partial charge in [-0.25, -0.2) is 9.37 Å². The minimum Gasteiger partial charge on any atom is -0.342 e. The largest absolute Gasteiger partial charge is 0.342 e. The van der Waals surface area contributed by atoms with Crippen molar-refractivity contribution in [1.29, 1.82) is 0 Å². The highest BCUT2D eigenvalue weighted by atomic mass is 19.1. The molecule has 8 heteroatoms. The van der Waals surface area contributed by atoms with Gasteiger partial charge in [-0.3, -0.25) is 4.79 Å². The molecule has 0 fully saturated rings. The van der Waals surface area contributed by atoms with Crippen LogP contribution in [0.5, 0.6) is 0 Å². The number of hydrogen-bond donors (Lipinski definition) is 1. The molecule has 0 radical (unpaired) electrons. The average Bonchev–Trinajstić information content (AvgIpc) is 3.29. The van der Waals surface area contributed by atoms with Crippen LogP contribution in [0.1, 0.15) is 61.8 Å². The quantitative estimate of drug-likeness (QED) is 0.643. The summed E-state index contributed by atoms with van der Waals surface area (Å²) >= 11 is 0. The van der Waals surface area contributed by atoms with Crippen molar-refractivity contribution in [3.63, 3.8) is 0 Å². The molecular weight excluding hydrogens is 361 g/mol. The van der Waals surface area contributed by atoms with E-state index < -0.39 is 6.04 Å². The van der Waals surface area contributed by atoms with E-state index in [2.05, 4.69) is 20.4 Å². The Kier molecular flexibility index (Phi) is 6.18. The number of benzene rings is 1. The number of aromatic nitrogens is 4. The molecule has 0 saturated heterocycles. The maximum atomic E-state index is 13.7. The van der Waals surface area contributed by atoms with Crippen LogP contribution in [0.25, 0.3) is 0 Å². The van der Waals surface area contributed by atoms with Gasteiger partial charge in [-0.2, -0.15) is 4.98 Å². The van der Waals surface area contributed by atoms with Crippen LogP contribution in [-0.4, -0.2) is 25.6 Å². The fraction of sp³-hybridized carbons (Fsp3) is 0.400. The van der Waals surface area contributed by atoms with Crippen LogP contribution in [0.2, 0.25) is 0 Å². The van der Waals surface area contributed by atoms with Crippen molar-refractivity contribution in [3.8, 4) is 0 Å². The van der Waals surface area contributed by atoms with Gasteiger partial charge in [-0.1, -0.05) is 31.1 Å². The van der Waals surface area contributed by atoms with E-state index in [0.29, 0.717) is 35.9 Å². The standard InChI is InChI=1S/C20H24FN5O2/c1-13(2)19-24-17(28-25-19)9-5-8-16(27)23-18(20-22-10-11-26(20)3)14-6-4-7-15(21)12-14/h4,6-7,10-13,18H,5,8-9H2,1-3H3,(H,23,27). The lowest BCUT2D eigenvalue weighted by Crippen LogP contribution is -2.31. The van der Waals surface area contributed by atoms with Gasteiger partial charge in [-0.15, -0.1) is 0 Å². The number of aryl methyl sites for hydroxylation is 2. The van der Waals surface area contributed by atoms with Crippen LogP contribution in [-0.2, 0) is 18.3 Å². The molecule has 3 aromatic rings. The Morgan fingerprint density at radius 2 is 2.18 bits per heavy atom. The molecule has 148 valence electrons. The Hall–Kier alpha value is -3.03. The monoisotopic (exact) mass is 385 g/mol. The van der Waals surface area contributed by atoms with Crippen LogP contribution >= 0.6 is 0 Å². The van der Waals surface area contributed by atoms with E-state index in [9.17, 15) is 9.18 Å². The molecule has 7 nitrogen and oxygen atoms in total. The third-order valence-corrected chi connectivity index (χ3v) is 4.40. The van der Waals surface area contributed by atoms with Crippen LogP contribution in [0.4, 0.5) is 4.39 Å². The maximum Gasteiger partial charge on any atom is 0.226 e. The minimum atomic E-state index is -0.529. The lowest BCUT2D eigenvalue weighted by molar-refractivity contribution is -0.121. The molecule has 0 aliphatic rings. The maximum absolute atomic E-state index is 13.7. The molecule has 28 heavy (non-hydrogen) atoms. The van der Waals surface area contributed by atoms with Crippen molar-refractivity contribution in [1.82, 2.24) is 25.0 Å². The van der Waals surface area contributed by atoms with Gasteiger partial charge in [0.15, 0.2) is 5.82 Å². The van der Waals surface area contributed by atoms with Crippen LogP contribution in [0.15, 0.2) is 41.2 Å². The Balaban J connectivity index is 1.63. The molecule has 0 spiro atoms. The van der Waals surface area contributed by atoms with Crippen molar-refractivity contribution in [2.24, 2.45) is 7.05 Å². The highest BCUT2D eigenvalue weighted by Crippen LogP contribution is 2.21. The van der Waals surface area contributed by atoms with Crippen molar-refractivity contribution in [3.05, 3.63) is 65.6 Å². The SMILES string of the molecule is CC(C)c1noc(CCCC(=O)NC(c2cccc(F)c2)c2nccn2C)n1. The van der Waals surface area contributed by atoms with E-state index in [1.165, 1.54) is 12.1 Å². The molecule has 1 atom stereocenters. The third-order valence-electron chi connectivity index (χ3n) is 4.40. The zero-order valence-corrected chi connectivity index (χ0v) is 16.2. The van der Waals surface area contributed by atoms with Crippen molar-refractivity contribution >= 4 is 5.91 Å². The number of imidazole rings is 1. The zero-order chi connectivity index (χ0) is 20.1. The first kappa shape index (κ1) is 19.7. The van der Waals surface area contributed by atoms with Gasteiger partial charge in [0.05, 0.1) is 0 Å². The van der Waals surface area contributed by atoms with Crippen molar-refractivity contribution < 1.29 is 13.7 Å². The predicted octanol–water partition coefficient (Wildman–Crippen LogP) is 3.29. The van der Waals surface area contributed by atoms with E-state index in [1.807, 2.05) is 25.5 Å². The molecule has 0 aliphatic carbocycles. The number of nitrogens with one attached hydrogen (secondary N) is 1. The molecule has 1 N–H and O–H groups in total. The van der Waals surface area contributed by atoms with Crippen molar-refractivity contribution in [2.75, 3.05) is 0 Å². The molecule has 0 saturated carbocycles. The summed E-state index contributed by atoms with van der Waals surface area (Å²) in [6, 6.07) is 5.64. The molecule has 0 bridgehead atoms. The first-order valence-corrected chi connectivity index (χ1v) is 9.28. The summed E-state index contributed by atoms with van der Waals surface area (Å²) in [5.74, 6) is 1.52. The lowest BCUT2D eigenvalue weighted by atomic mass is 10.1. The van der Waals surface area contributed by atoms with E-state index >= 15 is 0 Å². The summed E-state index contributed by atoms with van der Waals surface area (Å²) in [5, 5.41) is 6.88. The minimum absolute atomic E-state index is 0.152. The topological polar surface area (TPSA) is 85.8 Å². The number of carbonyl (C=O) groups excluding carboxylic acids is 1. The molecule has 1 unspecified atom stereocenters. The van der Waals surface area contributed by atoms with Crippen LogP contribution < -0.4 is 5.32 Å². The Bertz CT molecular complexity index is 934. The first-order valence-electron chi connectivity index (χ1n) is 9.28. The third kappa shape index (κ3) is 4.82. The molecule has 3 rings (SSSR count). The van der Waals surface area contributed by atoms with Gasteiger partial charge >= 0.3 is 0 Å². The zero-order valence-electron chi connectivity index (χ0n) is 16.2. The molecule has 2 heterocycles. The summed E-state index contributed by atoms with van der Waals surface area (Å²) in [5.41, 5.74) is 0.640. The Morgan fingerprint density at radius 1 is 1.36 bits per heavy atom. The summed E-state index contributed by atoms with van der Waals surface area (Å²) in [6.07, 6.45) is 4.82. The molecule has 0 aliphatic heterocycles. The fourth-order valence-corrected chi connectivity index (χ4v) is 2.88. The first-order chi connectivity index (χ1) is 13.4. The normalized spacial score (nSPS) is 12.3. The molecule has 2 aromatic heterocycles. The summed E-state index contributed by atoms with van der Waals surface area (Å²) in [7, 11) is 1.84. The smallest absolute Gasteiger partial charge is 0.226 e. The number of amides is 1. The van der Waals surface area contributed by atoms with Crippen LogP contribution in [0, 0.1) is 5.82 Å². The number of hydrogen-bond acceptors (Lipinski definition) is 5. The number of carbonyl (C=O) groups is 1. The van der Waals surface area contributed by atoms with Gasteiger partial charge in [0, 0.05) is 38.2 Å². The second-order valence-corrected chi connectivity index (χ2v) is 7.01. The van der Waals surface area contributed by atoms with Gasteiger partial charge in [-0.05, 0) is 24.1 Å². The molecule has 1 amide bonds. The van der Waals surface area contributed by atoms with E-state index in [1.54, 1.807) is 24.5 Å². The highest BCUT2D eigenvalue weighted by molar-refractivity contribution is 5.76. The summed E-state index contributed by atoms with van der Waals surface area (Å²) < 4.78 is 20.7. The van der Waals surface area contributed by atoms with Gasteiger partial charge < -0.3 is 14.4 Å². The average molecular weight is 385 g/mol. The number of rotatable bonds is 8. The summed E-state index contributed by atoms with van der Waals surface area (Å²) in [6.45, 7) is 3.98. The Morgan fingerprint density at radius 3 is 2.82 bits per heavy atom. The molecule has 1 aromatic carbocycles. The van der Waals surface area contributed by atoms with E-state index in [-0.39, 0.29) is 24.1 Å². The van der Waals surface area contributed by atoms with E-state index in [4.69, 9.17) is 4.52 Å². The second kappa shape index (κ2) is 8.77. The summed E-state index contributed by atoms with van der Waals surface area (Å²) in [4.78, 5) is 21.1. The number of nitrogens with zero attached hydrogens (tertiary/aromatic N) is 4. The molecular formula is C20H24FN5O2. The second-order valence-electron chi connectivity index (χ2n) is 7.01. The number of halogens is 1. The van der Waals surface area contributed by atoms with E-state index in [0.717, 1.165) is 0 Å². The van der Waals surface area contributed by atoms with Gasteiger partial charge in [0.25, 0.3) is 0 Å². The van der Waals surface area contributed by atoms with Gasteiger partial charge in [0.1, 0.15) is 17.7 Å². The lowest BCUT2D eigenvalue weighted by Gasteiger charge is -2.19. The highest BCUT2D eigenvalue weighted by Gasteiger charge is 2.21.